The number of rotatable bonds is 3. The summed E-state index contributed by atoms with van der Waals surface area (Å²) in [5, 5.41) is 9.70. The molecule has 0 aromatic carbocycles. The molecule has 0 heterocycles. The number of aliphatic carboxylic acids is 1. The molecule has 0 aliphatic carbocycles. The van der Waals surface area contributed by atoms with Gasteiger partial charge in [0.05, 0.1) is 12.6 Å². The molecule has 0 saturated heterocycles. The number of carboxylic acid groups (broad SMARTS) is 1. The second kappa shape index (κ2) is 7.41. The third-order valence-corrected chi connectivity index (χ3v) is 0.642. The summed E-state index contributed by atoms with van der Waals surface area (Å²) in [7, 11) is 0. The molecule has 0 bridgehead atoms. The second-order valence-corrected chi connectivity index (χ2v) is 1.40. The van der Waals surface area contributed by atoms with Gasteiger partial charge in [-0.25, -0.2) is 4.79 Å². The molecule has 0 rings (SSSR count). The van der Waals surface area contributed by atoms with Crippen molar-refractivity contribution in [2.24, 2.45) is 0 Å². The van der Waals surface area contributed by atoms with Gasteiger partial charge in [0.15, 0.2) is 0 Å². The predicted octanol–water partition coefficient (Wildman–Crippen LogP) is -1.15. The van der Waals surface area contributed by atoms with E-state index in [1.165, 1.54) is 0 Å². The maximum absolute atomic E-state index is 10.3. The average molecular weight is 209 g/mol. The molecule has 0 aromatic heterocycles. The van der Waals surface area contributed by atoms with Gasteiger partial charge in [-0.1, -0.05) is 0 Å². The van der Waals surface area contributed by atoms with Crippen molar-refractivity contribution in [2.45, 2.75) is 6.92 Å². The number of ether oxygens (including phenoxy) is 1. The van der Waals surface area contributed by atoms with Crippen LogP contribution >= 0.6 is 0 Å². The van der Waals surface area contributed by atoms with E-state index >= 15 is 0 Å². The molecule has 0 aromatic rings. The van der Waals surface area contributed by atoms with E-state index < -0.39 is 11.9 Å². The molecule has 0 aliphatic heterocycles. The van der Waals surface area contributed by atoms with Crippen molar-refractivity contribution in [3.05, 3.63) is 12.2 Å². The predicted molar refractivity (Wildman–Crippen MR) is 30.8 cm³/mol. The Morgan fingerprint density at radius 2 is 2.00 bits per heavy atom. The van der Waals surface area contributed by atoms with Crippen molar-refractivity contribution in [3.8, 4) is 0 Å². The minimum absolute atomic E-state index is 0. The number of carbonyl (C=O) groups excluding carboxylic acids is 2. The molecule has 5 heteroatoms. The van der Waals surface area contributed by atoms with E-state index in [9.17, 15) is 14.7 Å². The SMILES string of the molecule is CCOC(=O)/C=C/C(=O)[O-].[Zn]. The summed E-state index contributed by atoms with van der Waals surface area (Å²) in [5.41, 5.74) is 0. The number of hydrogen-bond acceptors (Lipinski definition) is 4. The first-order valence-electron chi connectivity index (χ1n) is 2.72. The second-order valence-electron chi connectivity index (χ2n) is 1.40. The zero-order valence-electron chi connectivity index (χ0n) is 6.20. The van der Waals surface area contributed by atoms with Crippen LogP contribution in [-0.4, -0.2) is 18.5 Å². The van der Waals surface area contributed by atoms with Crippen molar-refractivity contribution in [1.82, 2.24) is 0 Å². The maximum Gasteiger partial charge on any atom is 0.330 e. The Kier molecular flexibility index (Phi) is 8.71. The first kappa shape index (κ1) is 12.9. The molecule has 0 aliphatic rings. The normalized spacial score (nSPS) is 8.82. The summed E-state index contributed by atoms with van der Waals surface area (Å²) < 4.78 is 4.38. The van der Waals surface area contributed by atoms with Crippen LogP contribution in [0.3, 0.4) is 0 Å². The monoisotopic (exact) mass is 207 g/mol. The van der Waals surface area contributed by atoms with E-state index in [1.807, 2.05) is 0 Å². The summed E-state index contributed by atoms with van der Waals surface area (Å²) in [6.07, 6.45) is 1.43. The summed E-state index contributed by atoms with van der Waals surface area (Å²) in [5.74, 6) is -2.08. The number of carbonyl (C=O) groups is 2. The molecule has 0 saturated carbocycles. The van der Waals surface area contributed by atoms with Gasteiger partial charge in [-0.05, 0) is 13.0 Å². The fraction of sp³-hybridized carbons (Fsp3) is 0.333. The average Bonchev–Trinajstić information content (AvgIpc) is 1.85. The van der Waals surface area contributed by atoms with Gasteiger partial charge in [0.25, 0.3) is 0 Å². The standard InChI is InChI=1S/C6H8O4.Zn/c1-2-10-6(9)4-3-5(7)8;/h3-4H,2H2,1H3,(H,7,8);/p-1/b4-3+;. The van der Waals surface area contributed by atoms with Crippen LogP contribution < -0.4 is 5.11 Å². The van der Waals surface area contributed by atoms with Crippen LogP contribution in [0.1, 0.15) is 6.92 Å². The molecular formula is C6H7O4Zn-. The largest absolute Gasteiger partial charge is 0.545 e. The Hall–Kier alpha value is -0.697. The Bertz CT molecular complexity index is 164. The van der Waals surface area contributed by atoms with Crippen LogP contribution in [0.15, 0.2) is 12.2 Å². The van der Waals surface area contributed by atoms with Crippen LogP contribution in [0.5, 0.6) is 0 Å². The first-order valence-corrected chi connectivity index (χ1v) is 2.72. The Morgan fingerprint density at radius 1 is 1.45 bits per heavy atom. The molecule has 0 unspecified atom stereocenters. The number of carboxylic acids is 1. The Balaban J connectivity index is 0. The molecule has 4 nitrogen and oxygen atoms in total. The van der Waals surface area contributed by atoms with Crippen molar-refractivity contribution >= 4 is 11.9 Å². The fourth-order valence-electron chi connectivity index (χ4n) is 0.326. The van der Waals surface area contributed by atoms with Gasteiger partial charge in [-0.3, -0.25) is 0 Å². The van der Waals surface area contributed by atoms with Gasteiger partial charge in [0.1, 0.15) is 0 Å². The Morgan fingerprint density at radius 3 is 2.36 bits per heavy atom. The van der Waals surface area contributed by atoms with Crippen LogP contribution in [0.4, 0.5) is 0 Å². The summed E-state index contributed by atoms with van der Waals surface area (Å²) in [4.78, 5) is 20.0. The van der Waals surface area contributed by atoms with Crippen LogP contribution in [0.2, 0.25) is 0 Å². The summed E-state index contributed by atoms with van der Waals surface area (Å²) in [6, 6.07) is 0. The first-order chi connectivity index (χ1) is 4.66. The van der Waals surface area contributed by atoms with E-state index in [1.54, 1.807) is 6.92 Å². The smallest absolute Gasteiger partial charge is 0.330 e. The fourth-order valence-corrected chi connectivity index (χ4v) is 0.326. The molecule has 0 fully saturated rings. The van der Waals surface area contributed by atoms with Crippen molar-refractivity contribution in [2.75, 3.05) is 6.61 Å². The zero-order chi connectivity index (χ0) is 7.98. The summed E-state index contributed by atoms with van der Waals surface area (Å²) >= 11 is 0. The van der Waals surface area contributed by atoms with Gasteiger partial charge in [0, 0.05) is 25.6 Å². The molecule has 0 amide bonds. The molecule has 0 N–H and O–H groups in total. The van der Waals surface area contributed by atoms with Gasteiger partial charge in [0.2, 0.25) is 0 Å². The van der Waals surface area contributed by atoms with Crippen LogP contribution in [-0.2, 0) is 33.8 Å². The topological polar surface area (TPSA) is 66.4 Å². The van der Waals surface area contributed by atoms with Crippen LogP contribution in [0.25, 0.3) is 0 Å². The van der Waals surface area contributed by atoms with E-state index in [-0.39, 0.29) is 26.1 Å². The van der Waals surface area contributed by atoms with E-state index in [2.05, 4.69) is 4.74 Å². The minimum Gasteiger partial charge on any atom is -0.545 e. The molecule has 11 heavy (non-hydrogen) atoms. The quantitative estimate of drug-likeness (QED) is 0.334. The van der Waals surface area contributed by atoms with Crippen molar-refractivity contribution < 1.29 is 38.9 Å². The van der Waals surface area contributed by atoms with Gasteiger partial charge in [-0.15, -0.1) is 0 Å². The van der Waals surface area contributed by atoms with Crippen molar-refractivity contribution in [3.63, 3.8) is 0 Å². The third-order valence-electron chi connectivity index (χ3n) is 0.642. The summed E-state index contributed by atoms with van der Waals surface area (Å²) in [6.45, 7) is 1.86. The molecule has 0 spiro atoms. The molecule has 0 radical (unpaired) electrons. The van der Waals surface area contributed by atoms with Gasteiger partial charge < -0.3 is 14.6 Å². The third kappa shape index (κ3) is 9.30. The zero-order valence-corrected chi connectivity index (χ0v) is 9.17. The molecule has 0 atom stereocenters. The van der Waals surface area contributed by atoms with E-state index in [4.69, 9.17) is 0 Å². The maximum atomic E-state index is 10.3. The van der Waals surface area contributed by atoms with Gasteiger partial charge >= 0.3 is 5.97 Å². The van der Waals surface area contributed by atoms with Gasteiger partial charge in [-0.2, -0.15) is 0 Å². The van der Waals surface area contributed by atoms with Crippen molar-refractivity contribution in [1.29, 1.82) is 0 Å². The van der Waals surface area contributed by atoms with E-state index in [0.29, 0.717) is 6.08 Å². The van der Waals surface area contributed by atoms with E-state index in [0.717, 1.165) is 6.08 Å². The molecular weight excluding hydrogens is 201 g/mol. The minimum atomic E-state index is -1.41. The Labute approximate surface area is 77.0 Å². The number of esters is 1. The molecule has 58 valence electrons. The van der Waals surface area contributed by atoms with Crippen LogP contribution in [0, 0.1) is 0 Å². The number of hydrogen-bond donors (Lipinski definition) is 0.